The van der Waals surface area contributed by atoms with Crippen molar-refractivity contribution in [3.8, 4) is 5.75 Å². The zero-order valence-electron chi connectivity index (χ0n) is 12.9. The SMILES string of the molecule is COC(=O)C1CCCN1C(=O)CNC(=O)Cc1ccccc1O. The topological polar surface area (TPSA) is 95.9 Å². The first-order valence-electron chi connectivity index (χ1n) is 7.43. The molecule has 1 aliphatic rings. The third-order valence-corrected chi connectivity index (χ3v) is 3.83. The number of methoxy groups -OCH3 is 1. The van der Waals surface area contributed by atoms with Crippen molar-refractivity contribution in [3.63, 3.8) is 0 Å². The van der Waals surface area contributed by atoms with E-state index in [1.54, 1.807) is 18.2 Å². The van der Waals surface area contributed by atoms with Crippen LogP contribution < -0.4 is 5.32 Å². The van der Waals surface area contributed by atoms with Crippen LogP contribution in [0.25, 0.3) is 0 Å². The van der Waals surface area contributed by atoms with Crippen LogP contribution in [0.15, 0.2) is 24.3 Å². The number of esters is 1. The lowest BCUT2D eigenvalue weighted by atomic mass is 10.1. The van der Waals surface area contributed by atoms with Crippen LogP contribution in [0.4, 0.5) is 0 Å². The number of phenols is 1. The third kappa shape index (κ3) is 4.21. The Bertz CT molecular complexity index is 602. The van der Waals surface area contributed by atoms with Gasteiger partial charge in [-0.3, -0.25) is 9.59 Å². The fraction of sp³-hybridized carbons (Fsp3) is 0.438. The molecule has 0 spiro atoms. The van der Waals surface area contributed by atoms with Gasteiger partial charge < -0.3 is 20.1 Å². The van der Waals surface area contributed by atoms with E-state index in [0.29, 0.717) is 18.5 Å². The highest BCUT2D eigenvalue weighted by Gasteiger charge is 2.34. The van der Waals surface area contributed by atoms with Crippen LogP contribution in [0.3, 0.4) is 0 Å². The van der Waals surface area contributed by atoms with Gasteiger partial charge in [-0.25, -0.2) is 4.79 Å². The zero-order chi connectivity index (χ0) is 16.8. The molecule has 1 saturated heterocycles. The number of carbonyl (C=O) groups excluding carboxylic acids is 3. The van der Waals surface area contributed by atoms with E-state index in [0.717, 1.165) is 6.42 Å². The summed E-state index contributed by atoms with van der Waals surface area (Å²) in [6.45, 7) is 0.299. The van der Waals surface area contributed by atoms with Crippen molar-refractivity contribution in [2.75, 3.05) is 20.2 Å². The van der Waals surface area contributed by atoms with Crippen molar-refractivity contribution >= 4 is 17.8 Å². The van der Waals surface area contributed by atoms with Gasteiger partial charge in [0.15, 0.2) is 0 Å². The molecule has 2 amide bonds. The molecule has 1 aromatic rings. The zero-order valence-corrected chi connectivity index (χ0v) is 12.9. The maximum absolute atomic E-state index is 12.2. The molecule has 1 heterocycles. The number of hydrogen-bond donors (Lipinski definition) is 2. The first-order valence-corrected chi connectivity index (χ1v) is 7.43. The molecule has 0 aromatic heterocycles. The van der Waals surface area contributed by atoms with Crippen LogP contribution in [0.1, 0.15) is 18.4 Å². The number of nitrogens with one attached hydrogen (secondary N) is 1. The summed E-state index contributed by atoms with van der Waals surface area (Å²) in [5.41, 5.74) is 0.492. The average Bonchev–Trinajstić information content (AvgIpc) is 3.03. The van der Waals surface area contributed by atoms with Crippen LogP contribution in [0.2, 0.25) is 0 Å². The maximum Gasteiger partial charge on any atom is 0.328 e. The molecule has 0 radical (unpaired) electrons. The Kier molecular flexibility index (Phi) is 5.56. The molecule has 1 atom stereocenters. The summed E-state index contributed by atoms with van der Waals surface area (Å²) in [7, 11) is 1.29. The van der Waals surface area contributed by atoms with Crippen molar-refractivity contribution in [2.45, 2.75) is 25.3 Å². The number of ether oxygens (including phenoxy) is 1. The minimum atomic E-state index is -0.567. The van der Waals surface area contributed by atoms with Crippen molar-refractivity contribution in [1.29, 1.82) is 0 Å². The number of aromatic hydroxyl groups is 1. The van der Waals surface area contributed by atoms with E-state index < -0.39 is 12.0 Å². The molecule has 2 rings (SSSR count). The van der Waals surface area contributed by atoms with E-state index in [-0.39, 0.29) is 30.5 Å². The summed E-state index contributed by atoms with van der Waals surface area (Å²) < 4.78 is 4.68. The number of likely N-dealkylation sites (tertiary alicyclic amines) is 1. The smallest absolute Gasteiger partial charge is 0.328 e. The van der Waals surface area contributed by atoms with E-state index in [9.17, 15) is 19.5 Å². The Balaban J connectivity index is 1.85. The number of para-hydroxylation sites is 1. The molecule has 0 bridgehead atoms. The van der Waals surface area contributed by atoms with E-state index in [1.165, 1.54) is 18.1 Å². The van der Waals surface area contributed by atoms with Gasteiger partial charge in [-0.15, -0.1) is 0 Å². The highest BCUT2D eigenvalue weighted by molar-refractivity contribution is 5.89. The van der Waals surface area contributed by atoms with E-state index >= 15 is 0 Å². The Hall–Kier alpha value is -2.57. The summed E-state index contributed by atoms with van der Waals surface area (Å²) in [6, 6.07) is 5.96. The summed E-state index contributed by atoms with van der Waals surface area (Å²) in [5.74, 6) is -1.08. The molecule has 1 unspecified atom stereocenters. The van der Waals surface area contributed by atoms with Gasteiger partial charge in [0, 0.05) is 12.1 Å². The fourth-order valence-corrected chi connectivity index (χ4v) is 2.62. The minimum absolute atomic E-state index is 0.0135. The summed E-state index contributed by atoms with van der Waals surface area (Å²) >= 11 is 0. The largest absolute Gasteiger partial charge is 0.508 e. The van der Waals surface area contributed by atoms with Crippen molar-refractivity contribution in [2.24, 2.45) is 0 Å². The lowest BCUT2D eigenvalue weighted by molar-refractivity contribution is -0.150. The van der Waals surface area contributed by atoms with Crippen LogP contribution >= 0.6 is 0 Å². The normalized spacial score (nSPS) is 16.9. The quantitative estimate of drug-likeness (QED) is 0.756. The number of hydrogen-bond acceptors (Lipinski definition) is 5. The molecule has 1 fully saturated rings. The van der Waals surface area contributed by atoms with Gasteiger partial charge in [0.2, 0.25) is 11.8 Å². The Morgan fingerprint density at radius 3 is 2.78 bits per heavy atom. The van der Waals surface area contributed by atoms with E-state index in [4.69, 9.17) is 0 Å². The number of phenolic OH excluding ortho intramolecular Hbond substituents is 1. The second-order valence-corrected chi connectivity index (χ2v) is 5.35. The number of rotatable bonds is 5. The minimum Gasteiger partial charge on any atom is -0.508 e. The van der Waals surface area contributed by atoms with E-state index in [1.807, 2.05) is 0 Å². The van der Waals surface area contributed by atoms with Gasteiger partial charge in [0.05, 0.1) is 20.1 Å². The highest BCUT2D eigenvalue weighted by atomic mass is 16.5. The number of carbonyl (C=O) groups is 3. The van der Waals surface area contributed by atoms with Gasteiger partial charge in [-0.05, 0) is 18.9 Å². The Morgan fingerprint density at radius 1 is 1.35 bits per heavy atom. The van der Waals surface area contributed by atoms with Gasteiger partial charge in [-0.2, -0.15) is 0 Å². The molecule has 23 heavy (non-hydrogen) atoms. The fourth-order valence-electron chi connectivity index (χ4n) is 2.62. The molecule has 0 aliphatic carbocycles. The highest BCUT2D eigenvalue weighted by Crippen LogP contribution is 2.18. The second-order valence-electron chi connectivity index (χ2n) is 5.35. The molecule has 7 heteroatoms. The first kappa shape index (κ1) is 16.8. The molecule has 1 aromatic carbocycles. The summed E-state index contributed by atoms with van der Waals surface area (Å²) in [6.07, 6.45) is 1.29. The molecular weight excluding hydrogens is 300 g/mol. The molecule has 0 saturated carbocycles. The Labute approximate surface area is 134 Å². The number of nitrogens with zero attached hydrogens (tertiary/aromatic N) is 1. The van der Waals surface area contributed by atoms with Gasteiger partial charge in [0.1, 0.15) is 11.8 Å². The molecule has 124 valence electrons. The predicted octanol–water partition coefficient (Wildman–Crippen LogP) is 0.215. The first-order chi connectivity index (χ1) is 11.0. The summed E-state index contributed by atoms with van der Waals surface area (Å²) in [4.78, 5) is 37.1. The number of benzene rings is 1. The average molecular weight is 320 g/mol. The van der Waals surface area contributed by atoms with Crippen molar-refractivity contribution < 1.29 is 24.2 Å². The standard InChI is InChI=1S/C16H20N2O5/c1-23-16(22)12-6-4-8-18(12)15(21)10-17-14(20)9-11-5-2-3-7-13(11)19/h2-3,5,7,12,19H,4,6,8-10H2,1H3,(H,17,20). The Morgan fingerprint density at radius 2 is 2.09 bits per heavy atom. The lowest BCUT2D eigenvalue weighted by Crippen LogP contribution is -2.46. The van der Waals surface area contributed by atoms with Gasteiger partial charge in [0.25, 0.3) is 0 Å². The number of amides is 2. The van der Waals surface area contributed by atoms with E-state index in [2.05, 4.69) is 10.1 Å². The van der Waals surface area contributed by atoms with Crippen molar-refractivity contribution in [3.05, 3.63) is 29.8 Å². The van der Waals surface area contributed by atoms with Gasteiger partial charge in [-0.1, -0.05) is 18.2 Å². The molecule has 1 aliphatic heterocycles. The third-order valence-electron chi connectivity index (χ3n) is 3.83. The molecular formula is C16H20N2O5. The van der Waals surface area contributed by atoms with Crippen LogP contribution in [-0.2, 0) is 25.5 Å². The summed E-state index contributed by atoms with van der Waals surface area (Å²) in [5, 5.41) is 12.1. The van der Waals surface area contributed by atoms with Crippen LogP contribution in [0, 0.1) is 0 Å². The van der Waals surface area contributed by atoms with Crippen LogP contribution in [-0.4, -0.2) is 54.0 Å². The molecule has 7 nitrogen and oxygen atoms in total. The maximum atomic E-state index is 12.2. The lowest BCUT2D eigenvalue weighted by Gasteiger charge is -2.22. The predicted molar refractivity (Wildman–Crippen MR) is 81.6 cm³/mol. The van der Waals surface area contributed by atoms with Crippen molar-refractivity contribution in [1.82, 2.24) is 10.2 Å². The monoisotopic (exact) mass is 320 g/mol. The second kappa shape index (κ2) is 7.62. The van der Waals surface area contributed by atoms with Crippen LogP contribution in [0.5, 0.6) is 5.75 Å². The molecule has 2 N–H and O–H groups in total. The van der Waals surface area contributed by atoms with Gasteiger partial charge >= 0.3 is 5.97 Å².